The van der Waals surface area contributed by atoms with E-state index in [1.165, 1.54) is 4.68 Å². The quantitative estimate of drug-likeness (QED) is 0.446. The highest BCUT2D eigenvalue weighted by molar-refractivity contribution is 14.1. The average Bonchev–Trinajstić information content (AvgIpc) is 2.55. The van der Waals surface area contributed by atoms with Crippen LogP contribution in [0.2, 0.25) is 0 Å². The van der Waals surface area contributed by atoms with Crippen LogP contribution in [0, 0.1) is 6.92 Å². The summed E-state index contributed by atoms with van der Waals surface area (Å²) < 4.78 is 1.41. The molecule has 6 heteroatoms. The van der Waals surface area contributed by atoms with Crippen LogP contribution in [-0.4, -0.2) is 32.2 Å². The van der Waals surface area contributed by atoms with E-state index in [4.69, 9.17) is 0 Å². The highest BCUT2D eigenvalue weighted by Gasteiger charge is 2.36. The van der Waals surface area contributed by atoms with Gasteiger partial charge in [-0.2, -0.15) is 4.68 Å². The minimum absolute atomic E-state index is 0.0244. The van der Waals surface area contributed by atoms with Gasteiger partial charge in [-0.05, 0) is 36.4 Å². The molecule has 0 aromatic carbocycles. The fraction of sp³-hybridized carbons (Fsp3) is 0.571. The second-order valence-electron chi connectivity index (χ2n) is 2.83. The smallest absolute Gasteiger partial charge is 0.304 e. The lowest BCUT2D eigenvalue weighted by Crippen LogP contribution is -2.27. The third-order valence-electron chi connectivity index (χ3n) is 1.99. The number of alkyl halides is 1. The second-order valence-corrected chi connectivity index (χ2v) is 4.01. The van der Waals surface area contributed by atoms with E-state index in [2.05, 4.69) is 32.7 Å². The number of halogens is 1. The fourth-order valence-corrected chi connectivity index (χ4v) is 2.42. The van der Waals surface area contributed by atoms with Crippen molar-refractivity contribution in [3.8, 4) is 0 Å². The van der Waals surface area contributed by atoms with Crippen LogP contribution in [0.1, 0.15) is 22.6 Å². The highest BCUT2D eigenvalue weighted by Crippen LogP contribution is 2.32. The molecule has 0 radical (unpaired) electrons. The van der Waals surface area contributed by atoms with E-state index in [-0.39, 0.29) is 10.1 Å². The van der Waals surface area contributed by atoms with Gasteiger partial charge in [0.15, 0.2) is 5.82 Å². The Bertz CT molecular complexity index is 361. The van der Waals surface area contributed by atoms with E-state index in [1.54, 1.807) is 11.8 Å². The van der Waals surface area contributed by atoms with Crippen molar-refractivity contribution in [3.05, 3.63) is 11.6 Å². The Morgan fingerprint density at radius 3 is 2.85 bits per heavy atom. The fourth-order valence-electron chi connectivity index (χ4n) is 1.38. The van der Waals surface area contributed by atoms with Crippen molar-refractivity contribution in [2.75, 3.05) is 6.54 Å². The molecule has 2 heterocycles. The van der Waals surface area contributed by atoms with Gasteiger partial charge in [0.25, 0.3) is 0 Å². The number of rotatable bonds is 1. The Hall–Kier alpha value is -0.660. The molecule has 1 aromatic heterocycles. The zero-order valence-electron chi connectivity index (χ0n) is 7.36. The summed E-state index contributed by atoms with van der Waals surface area (Å²) in [5.74, 6) is 1.39. The zero-order chi connectivity index (χ0) is 9.59. The van der Waals surface area contributed by atoms with E-state index in [0.717, 1.165) is 5.82 Å². The monoisotopic (exact) mass is 292 g/mol. The van der Waals surface area contributed by atoms with Crippen molar-refractivity contribution in [2.24, 2.45) is 0 Å². The summed E-state index contributed by atoms with van der Waals surface area (Å²) in [6, 6.07) is -0.0718. The lowest BCUT2D eigenvalue weighted by molar-refractivity contribution is 0.210. The van der Waals surface area contributed by atoms with Gasteiger partial charge in [-0.3, -0.25) is 0 Å². The van der Waals surface area contributed by atoms with Crippen LogP contribution in [-0.2, 0) is 0 Å². The van der Waals surface area contributed by atoms with Gasteiger partial charge in [-0.15, -0.1) is 5.10 Å². The van der Waals surface area contributed by atoms with Crippen LogP contribution in [0.5, 0.6) is 0 Å². The van der Waals surface area contributed by atoms with E-state index in [0.29, 0.717) is 12.4 Å². The number of aromatic nitrogens is 3. The maximum atomic E-state index is 11.6. The van der Waals surface area contributed by atoms with Crippen LogP contribution in [0.25, 0.3) is 0 Å². The first-order valence-electron chi connectivity index (χ1n) is 4.03. The average molecular weight is 292 g/mol. The number of fused-ring (bicyclic) bond motifs is 1. The molecule has 0 fully saturated rings. The molecular formula is C7H9IN4O. The summed E-state index contributed by atoms with van der Waals surface area (Å²) in [4.78, 5) is 17.6. The van der Waals surface area contributed by atoms with Gasteiger partial charge in [0.05, 0.1) is 0 Å². The first-order chi connectivity index (χ1) is 6.15. The Balaban J connectivity index is 2.47. The summed E-state index contributed by atoms with van der Waals surface area (Å²) in [7, 11) is 0. The number of aryl methyl sites for hydroxylation is 1. The molecular weight excluding hydrogens is 283 g/mol. The molecule has 1 aliphatic heterocycles. The Morgan fingerprint density at radius 2 is 2.31 bits per heavy atom. The van der Waals surface area contributed by atoms with Crippen LogP contribution in [0.15, 0.2) is 0 Å². The van der Waals surface area contributed by atoms with Crippen molar-refractivity contribution in [1.29, 1.82) is 0 Å². The van der Waals surface area contributed by atoms with Crippen LogP contribution < -0.4 is 0 Å². The largest absolute Gasteiger partial charge is 0.347 e. The number of hydrogen-bond acceptors (Lipinski definition) is 3. The van der Waals surface area contributed by atoms with Crippen LogP contribution in [0.3, 0.4) is 0 Å². The number of hydrogen-bond donors (Lipinski definition) is 0. The Morgan fingerprint density at radius 1 is 1.62 bits per heavy atom. The highest BCUT2D eigenvalue weighted by atomic mass is 127. The van der Waals surface area contributed by atoms with Gasteiger partial charge in [0.2, 0.25) is 0 Å². The first-order valence-corrected chi connectivity index (χ1v) is 5.28. The molecule has 1 aromatic rings. The topological polar surface area (TPSA) is 51.0 Å². The molecule has 0 N–H and O–H groups in total. The number of nitrogens with zero attached hydrogens (tertiary/aromatic N) is 4. The van der Waals surface area contributed by atoms with Crippen molar-refractivity contribution in [2.45, 2.75) is 17.9 Å². The van der Waals surface area contributed by atoms with Gasteiger partial charge in [0, 0.05) is 6.54 Å². The molecule has 0 aliphatic carbocycles. The predicted octanol–water partition coefficient (Wildman–Crippen LogP) is 1.32. The summed E-state index contributed by atoms with van der Waals surface area (Å²) in [6.07, 6.45) is 0. The zero-order valence-corrected chi connectivity index (χ0v) is 9.52. The molecule has 2 rings (SSSR count). The molecule has 1 amide bonds. The van der Waals surface area contributed by atoms with Gasteiger partial charge >= 0.3 is 6.03 Å². The molecule has 0 saturated heterocycles. The van der Waals surface area contributed by atoms with Crippen molar-refractivity contribution in [3.63, 3.8) is 0 Å². The summed E-state index contributed by atoms with van der Waals surface area (Å²) >= 11 is 2.20. The molecule has 1 unspecified atom stereocenters. The van der Waals surface area contributed by atoms with Crippen molar-refractivity contribution in [1.82, 2.24) is 19.7 Å². The molecule has 0 bridgehead atoms. The second kappa shape index (κ2) is 2.93. The summed E-state index contributed by atoms with van der Waals surface area (Å²) in [5, 5.41) is 4.03. The molecule has 0 saturated carbocycles. The third-order valence-corrected chi connectivity index (χ3v) is 3.22. The Labute approximate surface area is 89.3 Å². The molecule has 70 valence electrons. The SMILES string of the molecule is CCN1C(=O)n2nc(C)nc2C1I. The first kappa shape index (κ1) is 8.92. The lowest BCUT2D eigenvalue weighted by Gasteiger charge is -2.15. The number of carbonyl (C=O) groups is 1. The minimum Gasteiger partial charge on any atom is -0.304 e. The maximum Gasteiger partial charge on any atom is 0.347 e. The van der Waals surface area contributed by atoms with Crippen molar-refractivity contribution < 1.29 is 4.79 Å². The summed E-state index contributed by atoms with van der Waals surface area (Å²) in [5.41, 5.74) is 0. The molecule has 1 atom stereocenters. The van der Waals surface area contributed by atoms with Gasteiger partial charge in [-0.25, -0.2) is 9.78 Å². The van der Waals surface area contributed by atoms with Crippen LogP contribution in [0.4, 0.5) is 4.79 Å². The van der Waals surface area contributed by atoms with Crippen LogP contribution >= 0.6 is 22.6 Å². The van der Waals surface area contributed by atoms with E-state index in [9.17, 15) is 4.79 Å². The van der Waals surface area contributed by atoms with Crippen molar-refractivity contribution >= 4 is 28.6 Å². The van der Waals surface area contributed by atoms with E-state index < -0.39 is 0 Å². The molecule has 0 spiro atoms. The van der Waals surface area contributed by atoms with Gasteiger partial charge < -0.3 is 4.90 Å². The Kier molecular flexibility index (Phi) is 2.01. The van der Waals surface area contributed by atoms with Gasteiger partial charge in [-0.1, -0.05) is 0 Å². The maximum absolute atomic E-state index is 11.6. The normalized spacial score (nSPS) is 21.0. The standard InChI is InChI=1S/C7H9IN4O/c1-3-11-5(8)6-9-4(2)10-12(6)7(11)13/h5H,3H2,1-2H3. The number of carbonyl (C=O) groups excluding carboxylic acids is 1. The van der Waals surface area contributed by atoms with E-state index in [1.807, 2.05) is 6.92 Å². The predicted molar refractivity (Wildman–Crippen MR) is 54.7 cm³/mol. The molecule has 13 heavy (non-hydrogen) atoms. The molecule has 5 nitrogen and oxygen atoms in total. The van der Waals surface area contributed by atoms with Gasteiger partial charge in [0.1, 0.15) is 9.87 Å². The van der Waals surface area contributed by atoms with E-state index >= 15 is 0 Å². The molecule has 1 aliphatic rings. The minimum atomic E-state index is -0.0718. The summed E-state index contributed by atoms with van der Waals surface area (Å²) in [6.45, 7) is 4.43. The third kappa shape index (κ3) is 1.15. The lowest BCUT2D eigenvalue weighted by atomic mass is 10.5. The number of amides is 1.